The first kappa shape index (κ1) is 13.5. The fourth-order valence-corrected chi connectivity index (χ4v) is 1.72. The summed E-state index contributed by atoms with van der Waals surface area (Å²) < 4.78 is 4.95. The molecule has 0 aliphatic heterocycles. The molecule has 90 valence electrons. The Hall–Kier alpha value is -1.53. The van der Waals surface area contributed by atoms with Gasteiger partial charge in [0.25, 0.3) is 0 Å². The van der Waals surface area contributed by atoms with Crippen molar-refractivity contribution in [1.29, 1.82) is 0 Å². The molecule has 17 heavy (non-hydrogen) atoms. The van der Waals surface area contributed by atoms with Gasteiger partial charge in [-0.1, -0.05) is 31.6 Å². The maximum absolute atomic E-state index is 11.5. The summed E-state index contributed by atoms with van der Waals surface area (Å²) >= 11 is 0. The lowest BCUT2D eigenvalue weighted by Gasteiger charge is -2.04. The third-order valence-corrected chi connectivity index (χ3v) is 2.83. The van der Waals surface area contributed by atoms with E-state index < -0.39 is 8.07 Å². The van der Waals surface area contributed by atoms with Crippen LogP contribution in [-0.2, 0) is 4.74 Å². The smallest absolute Gasteiger partial charge is 0.338 e. The number of benzene rings is 1. The van der Waals surface area contributed by atoms with Gasteiger partial charge in [0.15, 0.2) is 0 Å². The summed E-state index contributed by atoms with van der Waals surface area (Å²) in [6.07, 6.45) is 0. The maximum atomic E-state index is 11.5. The highest BCUT2D eigenvalue weighted by molar-refractivity contribution is 6.83. The molecule has 0 heterocycles. The van der Waals surface area contributed by atoms with Gasteiger partial charge < -0.3 is 4.74 Å². The Balaban J connectivity index is 2.93. The Morgan fingerprint density at radius 1 is 1.35 bits per heavy atom. The average molecular weight is 246 g/mol. The van der Waals surface area contributed by atoms with Gasteiger partial charge in [-0.3, -0.25) is 0 Å². The molecule has 0 aliphatic carbocycles. The summed E-state index contributed by atoms with van der Waals surface area (Å²) in [5.74, 6) is 2.84. The van der Waals surface area contributed by atoms with Crippen LogP contribution in [0.2, 0.25) is 19.6 Å². The summed E-state index contributed by atoms with van der Waals surface area (Å²) in [5.41, 5.74) is 4.71. The van der Waals surface area contributed by atoms with E-state index in [2.05, 4.69) is 31.1 Å². The second kappa shape index (κ2) is 5.69. The second-order valence-electron chi connectivity index (χ2n) is 4.80. The van der Waals surface area contributed by atoms with E-state index in [1.807, 2.05) is 12.1 Å². The van der Waals surface area contributed by atoms with E-state index in [9.17, 15) is 4.79 Å². The minimum atomic E-state index is -1.38. The topological polar surface area (TPSA) is 26.3 Å². The Morgan fingerprint density at radius 3 is 2.65 bits per heavy atom. The first-order chi connectivity index (χ1) is 7.92. The molecule has 3 heteroatoms. The predicted molar refractivity (Wildman–Crippen MR) is 72.6 cm³/mol. The van der Waals surface area contributed by atoms with Crippen LogP contribution in [0.1, 0.15) is 22.8 Å². The van der Waals surface area contributed by atoms with E-state index in [0.29, 0.717) is 12.2 Å². The van der Waals surface area contributed by atoms with Crippen molar-refractivity contribution in [2.45, 2.75) is 26.6 Å². The van der Waals surface area contributed by atoms with Crippen molar-refractivity contribution in [2.24, 2.45) is 0 Å². The predicted octanol–water partition coefficient (Wildman–Crippen LogP) is 3.09. The molecule has 0 aromatic heterocycles. The molecule has 0 bridgehead atoms. The lowest BCUT2D eigenvalue weighted by Crippen LogP contribution is -2.16. The van der Waals surface area contributed by atoms with Crippen LogP contribution in [0.5, 0.6) is 0 Å². The van der Waals surface area contributed by atoms with E-state index in [1.54, 1.807) is 19.1 Å². The number of ether oxygens (including phenoxy) is 1. The van der Waals surface area contributed by atoms with E-state index >= 15 is 0 Å². The van der Waals surface area contributed by atoms with Crippen LogP contribution in [0.25, 0.3) is 0 Å². The fraction of sp³-hybridized carbons (Fsp3) is 0.357. The highest BCUT2D eigenvalue weighted by Gasteiger charge is 2.08. The van der Waals surface area contributed by atoms with Crippen molar-refractivity contribution in [1.82, 2.24) is 0 Å². The maximum Gasteiger partial charge on any atom is 0.338 e. The lowest BCUT2D eigenvalue weighted by molar-refractivity contribution is 0.0526. The largest absolute Gasteiger partial charge is 0.462 e. The molecule has 1 aromatic rings. The van der Waals surface area contributed by atoms with Gasteiger partial charge in [-0.15, -0.1) is 5.54 Å². The number of carbonyl (C=O) groups excluding carboxylic acids is 1. The number of rotatable bonds is 2. The highest BCUT2D eigenvalue weighted by Crippen LogP contribution is 2.07. The Labute approximate surface area is 104 Å². The molecule has 1 rings (SSSR count). The van der Waals surface area contributed by atoms with Gasteiger partial charge in [0.1, 0.15) is 8.07 Å². The van der Waals surface area contributed by atoms with Crippen LogP contribution in [0.4, 0.5) is 0 Å². The summed E-state index contributed by atoms with van der Waals surface area (Å²) in [6.45, 7) is 8.76. The average Bonchev–Trinajstić information content (AvgIpc) is 2.26. The van der Waals surface area contributed by atoms with Gasteiger partial charge in [-0.25, -0.2) is 4.79 Å². The van der Waals surface area contributed by atoms with Crippen molar-refractivity contribution in [3.8, 4) is 11.5 Å². The first-order valence-electron chi connectivity index (χ1n) is 5.73. The normalized spacial score (nSPS) is 10.4. The van der Waals surface area contributed by atoms with Crippen molar-refractivity contribution < 1.29 is 9.53 Å². The Morgan fingerprint density at radius 2 is 2.06 bits per heavy atom. The second-order valence-corrected chi connectivity index (χ2v) is 9.55. The fourth-order valence-electron chi connectivity index (χ4n) is 1.20. The van der Waals surface area contributed by atoms with Crippen LogP contribution in [-0.4, -0.2) is 20.7 Å². The lowest BCUT2D eigenvalue weighted by atomic mass is 10.1. The number of esters is 1. The SMILES string of the molecule is CCOC(=O)c1cccc(C#C[Si](C)(C)C)c1. The third-order valence-electron chi connectivity index (χ3n) is 1.96. The quantitative estimate of drug-likeness (QED) is 0.455. The van der Waals surface area contributed by atoms with Crippen LogP contribution in [0, 0.1) is 11.5 Å². The highest BCUT2D eigenvalue weighted by atomic mass is 28.3. The first-order valence-corrected chi connectivity index (χ1v) is 9.23. The minimum absolute atomic E-state index is 0.288. The molecule has 0 saturated carbocycles. The van der Waals surface area contributed by atoms with Crippen molar-refractivity contribution >= 4 is 14.0 Å². The van der Waals surface area contributed by atoms with Crippen molar-refractivity contribution in [3.63, 3.8) is 0 Å². The van der Waals surface area contributed by atoms with Gasteiger partial charge in [0, 0.05) is 5.56 Å². The zero-order valence-electron chi connectivity index (χ0n) is 10.8. The molecule has 0 spiro atoms. The summed E-state index contributed by atoms with van der Waals surface area (Å²) in [4.78, 5) is 11.5. The van der Waals surface area contributed by atoms with E-state index in [4.69, 9.17) is 4.74 Å². The van der Waals surface area contributed by atoms with Gasteiger partial charge in [0.2, 0.25) is 0 Å². The molecule has 0 atom stereocenters. The van der Waals surface area contributed by atoms with Gasteiger partial charge in [-0.2, -0.15) is 0 Å². The van der Waals surface area contributed by atoms with E-state index in [0.717, 1.165) is 5.56 Å². The number of carbonyl (C=O) groups is 1. The van der Waals surface area contributed by atoms with Crippen LogP contribution < -0.4 is 0 Å². The van der Waals surface area contributed by atoms with Crippen molar-refractivity contribution in [2.75, 3.05) is 6.61 Å². The molecule has 0 saturated heterocycles. The van der Waals surface area contributed by atoms with Gasteiger partial charge in [0.05, 0.1) is 12.2 Å². The minimum Gasteiger partial charge on any atom is -0.462 e. The standard InChI is InChI=1S/C14H18O2Si/c1-5-16-14(15)13-8-6-7-12(11-13)9-10-17(2,3)4/h6-8,11H,5H2,1-4H3. The zero-order chi connectivity index (χ0) is 12.9. The molecule has 0 unspecified atom stereocenters. The van der Waals surface area contributed by atoms with Gasteiger partial charge >= 0.3 is 5.97 Å². The number of hydrogen-bond donors (Lipinski definition) is 0. The monoisotopic (exact) mass is 246 g/mol. The molecule has 0 amide bonds. The summed E-state index contributed by atoms with van der Waals surface area (Å²) in [5, 5.41) is 0. The van der Waals surface area contributed by atoms with Crippen LogP contribution >= 0.6 is 0 Å². The van der Waals surface area contributed by atoms with E-state index in [1.165, 1.54) is 0 Å². The Bertz CT molecular complexity index is 461. The van der Waals surface area contributed by atoms with Crippen LogP contribution in [0.15, 0.2) is 24.3 Å². The molecule has 2 nitrogen and oxygen atoms in total. The third kappa shape index (κ3) is 4.88. The summed E-state index contributed by atoms with van der Waals surface area (Å²) in [6, 6.07) is 7.28. The van der Waals surface area contributed by atoms with Crippen LogP contribution in [0.3, 0.4) is 0 Å². The zero-order valence-corrected chi connectivity index (χ0v) is 11.8. The summed E-state index contributed by atoms with van der Waals surface area (Å²) in [7, 11) is -1.38. The molecule has 0 radical (unpaired) electrons. The molecule has 0 fully saturated rings. The number of hydrogen-bond acceptors (Lipinski definition) is 2. The Kier molecular flexibility index (Phi) is 4.53. The molecule has 0 N–H and O–H groups in total. The molecular formula is C14H18O2Si. The molecular weight excluding hydrogens is 228 g/mol. The molecule has 0 aliphatic rings. The van der Waals surface area contributed by atoms with E-state index in [-0.39, 0.29) is 5.97 Å². The van der Waals surface area contributed by atoms with Gasteiger partial charge in [-0.05, 0) is 25.1 Å². The molecule has 1 aromatic carbocycles. The van der Waals surface area contributed by atoms with Crippen molar-refractivity contribution in [3.05, 3.63) is 35.4 Å².